The van der Waals surface area contributed by atoms with E-state index < -0.39 is 0 Å². The first kappa shape index (κ1) is 17.9. The molecule has 0 aromatic carbocycles. The van der Waals surface area contributed by atoms with Gasteiger partial charge in [0.1, 0.15) is 17.6 Å². The van der Waals surface area contributed by atoms with Crippen molar-refractivity contribution in [2.75, 3.05) is 43.9 Å². The molecule has 3 heterocycles. The molecule has 0 amide bonds. The van der Waals surface area contributed by atoms with Crippen LogP contribution in [0.3, 0.4) is 0 Å². The number of nitrogens with zero attached hydrogens (tertiary/aromatic N) is 5. The monoisotopic (exact) mass is 355 g/mol. The van der Waals surface area contributed by atoms with E-state index in [-0.39, 0.29) is 11.8 Å². The summed E-state index contributed by atoms with van der Waals surface area (Å²) in [6.07, 6.45) is 2.99. The van der Waals surface area contributed by atoms with Crippen LogP contribution >= 0.6 is 0 Å². The summed E-state index contributed by atoms with van der Waals surface area (Å²) in [7, 11) is 1.86. The highest BCUT2D eigenvalue weighted by atomic mass is 16.5. The minimum Gasteiger partial charge on any atom is -0.381 e. The van der Waals surface area contributed by atoms with E-state index in [1.165, 1.54) is 12.4 Å². The second kappa shape index (κ2) is 9.00. The maximum absolute atomic E-state index is 8.78. The van der Waals surface area contributed by atoms with Gasteiger partial charge >= 0.3 is 0 Å². The van der Waals surface area contributed by atoms with E-state index >= 15 is 0 Å². The van der Waals surface area contributed by atoms with Gasteiger partial charge in [0.05, 0.1) is 30.8 Å². The van der Waals surface area contributed by atoms with E-state index in [1.807, 2.05) is 19.2 Å². The fourth-order valence-electron chi connectivity index (χ4n) is 2.49. The maximum Gasteiger partial charge on any atom is 0.158 e. The molecule has 1 unspecified atom stereocenters. The summed E-state index contributed by atoms with van der Waals surface area (Å²) >= 11 is 0. The predicted octanol–water partition coefficient (Wildman–Crippen LogP) is 0.00158. The quantitative estimate of drug-likeness (QED) is 0.538. The average Bonchev–Trinajstić information content (AvgIpc) is 2.69. The molecule has 1 fully saturated rings. The molecular weight excluding hydrogens is 334 g/mol. The number of nitrogens with one attached hydrogen (secondary N) is 4. The SMILES string of the molecule is CNCc1nnc(Nc2cnc(C#N)cn2)cc1NCC1CNCCO1. The number of hydrogen-bond donors (Lipinski definition) is 4. The third-order valence-corrected chi connectivity index (χ3v) is 3.76. The molecule has 1 aliphatic heterocycles. The zero-order chi connectivity index (χ0) is 18.2. The molecule has 26 heavy (non-hydrogen) atoms. The standard InChI is InChI=1S/C16H21N9O/c1-18-9-14-13(21-8-12-7-19-2-3-26-12)4-15(25-24-14)23-16-10-20-11(5-17)6-22-16/h4,6,10,12,18-19H,2-3,7-9H2,1H3,(H2,21,22,23,25). The van der Waals surface area contributed by atoms with Gasteiger partial charge in [-0.05, 0) is 7.05 Å². The molecule has 1 saturated heterocycles. The first-order chi connectivity index (χ1) is 12.8. The van der Waals surface area contributed by atoms with Gasteiger partial charge in [0.25, 0.3) is 0 Å². The summed E-state index contributed by atoms with van der Waals surface area (Å²) in [6.45, 7) is 3.69. The summed E-state index contributed by atoms with van der Waals surface area (Å²) in [5, 5.41) is 30.0. The highest BCUT2D eigenvalue weighted by molar-refractivity contribution is 5.59. The molecule has 2 aromatic heterocycles. The lowest BCUT2D eigenvalue weighted by molar-refractivity contribution is 0.0372. The summed E-state index contributed by atoms with van der Waals surface area (Å²) in [5.41, 5.74) is 1.94. The molecule has 0 aliphatic carbocycles. The molecule has 0 radical (unpaired) electrons. The normalized spacial score (nSPS) is 16.7. The zero-order valence-corrected chi connectivity index (χ0v) is 14.5. The van der Waals surface area contributed by atoms with Gasteiger partial charge in [0, 0.05) is 32.2 Å². The molecule has 10 nitrogen and oxygen atoms in total. The Morgan fingerprint density at radius 3 is 2.92 bits per heavy atom. The van der Waals surface area contributed by atoms with Crippen molar-refractivity contribution >= 4 is 17.3 Å². The molecule has 0 saturated carbocycles. The number of ether oxygens (including phenoxy) is 1. The van der Waals surface area contributed by atoms with Gasteiger partial charge in [-0.2, -0.15) is 5.26 Å². The fourth-order valence-corrected chi connectivity index (χ4v) is 2.49. The number of nitriles is 1. The van der Waals surface area contributed by atoms with E-state index in [4.69, 9.17) is 10.00 Å². The van der Waals surface area contributed by atoms with Crippen molar-refractivity contribution < 1.29 is 4.74 Å². The molecule has 2 aromatic rings. The summed E-state index contributed by atoms with van der Waals surface area (Å²) in [5.74, 6) is 1.03. The van der Waals surface area contributed by atoms with Crippen LogP contribution in [0.15, 0.2) is 18.5 Å². The number of morpholine rings is 1. The predicted molar refractivity (Wildman–Crippen MR) is 95.9 cm³/mol. The lowest BCUT2D eigenvalue weighted by atomic mass is 10.2. The topological polar surface area (TPSA) is 133 Å². The van der Waals surface area contributed by atoms with Crippen molar-refractivity contribution in [3.05, 3.63) is 29.8 Å². The van der Waals surface area contributed by atoms with Crippen molar-refractivity contribution in [1.82, 2.24) is 30.8 Å². The van der Waals surface area contributed by atoms with Crippen LogP contribution in [0.4, 0.5) is 17.3 Å². The molecule has 0 bridgehead atoms. The summed E-state index contributed by atoms with van der Waals surface area (Å²) < 4.78 is 5.71. The molecule has 3 rings (SSSR count). The Bertz CT molecular complexity index is 753. The van der Waals surface area contributed by atoms with Crippen LogP contribution in [0, 0.1) is 11.3 Å². The second-order valence-electron chi connectivity index (χ2n) is 5.72. The van der Waals surface area contributed by atoms with Crippen molar-refractivity contribution in [3.8, 4) is 6.07 Å². The first-order valence-corrected chi connectivity index (χ1v) is 8.35. The lowest BCUT2D eigenvalue weighted by Gasteiger charge is -2.24. The minimum absolute atomic E-state index is 0.111. The molecule has 1 aliphatic rings. The Morgan fingerprint density at radius 1 is 1.31 bits per heavy atom. The van der Waals surface area contributed by atoms with E-state index in [0.717, 1.165) is 24.5 Å². The molecular formula is C16H21N9O. The Kier molecular flexibility index (Phi) is 6.21. The fraction of sp³-hybridized carbons (Fsp3) is 0.438. The van der Waals surface area contributed by atoms with Crippen LogP contribution in [0.1, 0.15) is 11.4 Å². The van der Waals surface area contributed by atoms with E-state index in [1.54, 1.807) is 0 Å². The maximum atomic E-state index is 8.78. The third-order valence-electron chi connectivity index (χ3n) is 3.76. The van der Waals surface area contributed by atoms with E-state index in [0.29, 0.717) is 31.3 Å². The van der Waals surface area contributed by atoms with Crippen LogP contribution in [0.2, 0.25) is 0 Å². The Labute approximate surface area is 151 Å². The molecule has 0 spiro atoms. The van der Waals surface area contributed by atoms with Crippen LogP contribution < -0.4 is 21.3 Å². The van der Waals surface area contributed by atoms with E-state index in [9.17, 15) is 0 Å². The van der Waals surface area contributed by atoms with Crippen molar-refractivity contribution in [2.24, 2.45) is 0 Å². The first-order valence-electron chi connectivity index (χ1n) is 8.35. The summed E-state index contributed by atoms with van der Waals surface area (Å²) in [6, 6.07) is 3.80. The van der Waals surface area contributed by atoms with Crippen LogP contribution in [-0.2, 0) is 11.3 Å². The Hall–Kier alpha value is -2.87. The van der Waals surface area contributed by atoms with Crippen molar-refractivity contribution in [2.45, 2.75) is 12.6 Å². The second-order valence-corrected chi connectivity index (χ2v) is 5.72. The minimum atomic E-state index is 0.111. The highest BCUT2D eigenvalue weighted by Gasteiger charge is 2.14. The zero-order valence-electron chi connectivity index (χ0n) is 14.5. The van der Waals surface area contributed by atoms with E-state index in [2.05, 4.69) is 41.4 Å². The van der Waals surface area contributed by atoms with Gasteiger partial charge < -0.3 is 26.0 Å². The molecule has 10 heteroatoms. The Morgan fingerprint density at radius 2 is 2.23 bits per heavy atom. The Balaban J connectivity index is 1.70. The van der Waals surface area contributed by atoms with Gasteiger partial charge in [0.2, 0.25) is 0 Å². The van der Waals surface area contributed by atoms with Gasteiger partial charge in [-0.3, -0.25) is 0 Å². The average molecular weight is 355 g/mol. The van der Waals surface area contributed by atoms with Gasteiger partial charge in [-0.25, -0.2) is 9.97 Å². The number of aromatic nitrogens is 4. The van der Waals surface area contributed by atoms with Crippen LogP contribution in [0.25, 0.3) is 0 Å². The third kappa shape index (κ3) is 4.82. The molecule has 136 valence electrons. The number of hydrogen-bond acceptors (Lipinski definition) is 10. The highest BCUT2D eigenvalue weighted by Crippen LogP contribution is 2.19. The van der Waals surface area contributed by atoms with Crippen molar-refractivity contribution in [3.63, 3.8) is 0 Å². The lowest BCUT2D eigenvalue weighted by Crippen LogP contribution is -2.42. The molecule has 4 N–H and O–H groups in total. The number of rotatable bonds is 7. The summed E-state index contributed by atoms with van der Waals surface area (Å²) in [4.78, 5) is 8.10. The van der Waals surface area contributed by atoms with Gasteiger partial charge in [-0.1, -0.05) is 0 Å². The largest absolute Gasteiger partial charge is 0.381 e. The van der Waals surface area contributed by atoms with Crippen molar-refractivity contribution in [1.29, 1.82) is 5.26 Å². The smallest absolute Gasteiger partial charge is 0.158 e. The molecule has 1 atom stereocenters. The van der Waals surface area contributed by atoms with Crippen LogP contribution in [0.5, 0.6) is 0 Å². The van der Waals surface area contributed by atoms with Gasteiger partial charge in [0.15, 0.2) is 11.5 Å². The van der Waals surface area contributed by atoms with Crippen LogP contribution in [-0.4, -0.2) is 59.6 Å². The number of anilines is 3. The van der Waals surface area contributed by atoms with Gasteiger partial charge in [-0.15, -0.1) is 10.2 Å².